The molecule has 1 aliphatic carbocycles. The third kappa shape index (κ3) is 3.73. The summed E-state index contributed by atoms with van der Waals surface area (Å²) < 4.78 is 5.35. The van der Waals surface area contributed by atoms with Gasteiger partial charge in [-0.3, -0.25) is 0 Å². The first-order valence-corrected chi connectivity index (χ1v) is 8.75. The van der Waals surface area contributed by atoms with Gasteiger partial charge in [0.05, 0.1) is 7.11 Å². The summed E-state index contributed by atoms with van der Waals surface area (Å²) in [4.78, 5) is 0. The highest BCUT2D eigenvalue weighted by atomic mass is 16.5. The summed E-state index contributed by atoms with van der Waals surface area (Å²) >= 11 is 0. The first-order chi connectivity index (χ1) is 11.6. The molecular weight excluding hydrogens is 298 g/mol. The molecule has 128 valence electrons. The number of phenols is 1. The first kappa shape index (κ1) is 16.8. The van der Waals surface area contributed by atoms with E-state index in [0.717, 1.165) is 30.7 Å². The minimum atomic E-state index is 0.372. The second kappa shape index (κ2) is 7.27. The first-order valence-electron chi connectivity index (χ1n) is 8.75. The van der Waals surface area contributed by atoms with Crippen molar-refractivity contribution >= 4 is 0 Å². The second-order valence-electron chi connectivity index (χ2n) is 6.93. The van der Waals surface area contributed by atoms with E-state index in [-0.39, 0.29) is 0 Å². The minimum absolute atomic E-state index is 0.372. The Hall–Kier alpha value is -2.00. The van der Waals surface area contributed by atoms with Crippen molar-refractivity contribution in [1.82, 2.24) is 5.32 Å². The molecule has 0 heterocycles. The Morgan fingerprint density at radius 2 is 2.04 bits per heavy atom. The Morgan fingerprint density at radius 3 is 2.79 bits per heavy atom. The van der Waals surface area contributed by atoms with E-state index in [9.17, 15) is 5.11 Å². The van der Waals surface area contributed by atoms with Crippen LogP contribution in [0.2, 0.25) is 0 Å². The molecule has 2 atom stereocenters. The van der Waals surface area contributed by atoms with Gasteiger partial charge in [-0.15, -0.1) is 0 Å². The smallest absolute Gasteiger partial charge is 0.119 e. The number of aromatic hydroxyl groups is 1. The number of methoxy groups -OCH3 is 1. The van der Waals surface area contributed by atoms with E-state index < -0.39 is 0 Å². The summed E-state index contributed by atoms with van der Waals surface area (Å²) in [6, 6.07) is 12.9. The third-order valence-electron chi connectivity index (χ3n) is 5.14. The second-order valence-corrected chi connectivity index (χ2v) is 6.93. The quantitative estimate of drug-likeness (QED) is 0.874. The Bertz CT molecular complexity index is 711. The highest BCUT2D eigenvalue weighted by Gasteiger charge is 2.19. The number of hydrogen-bond acceptors (Lipinski definition) is 3. The number of aryl methyl sites for hydroxylation is 2. The standard InChI is InChI=1S/C21H27NO2/c1-14-10-17(6-9-21(14)23)15(2)13-22-19-7-4-16-5-8-20(24-3)12-18(16)11-19/h5-6,8-10,12,15,19,22-23H,4,7,11,13H2,1-3H3. The van der Waals surface area contributed by atoms with Crippen LogP contribution >= 0.6 is 0 Å². The summed E-state index contributed by atoms with van der Waals surface area (Å²) in [5.41, 5.74) is 5.08. The molecule has 24 heavy (non-hydrogen) atoms. The number of rotatable bonds is 5. The van der Waals surface area contributed by atoms with Gasteiger partial charge in [0.2, 0.25) is 0 Å². The van der Waals surface area contributed by atoms with Crippen LogP contribution in [0.1, 0.15) is 41.5 Å². The molecule has 2 unspecified atom stereocenters. The SMILES string of the molecule is COc1ccc2c(c1)CC(NCC(C)c1ccc(O)c(C)c1)CC2. The van der Waals surface area contributed by atoms with Crippen molar-refractivity contribution in [1.29, 1.82) is 0 Å². The predicted molar refractivity (Wildman–Crippen MR) is 98.1 cm³/mol. The molecule has 2 aromatic carbocycles. The van der Waals surface area contributed by atoms with Gasteiger partial charge in [0.1, 0.15) is 11.5 Å². The van der Waals surface area contributed by atoms with E-state index in [1.54, 1.807) is 13.2 Å². The van der Waals surface area contributed by atoms with Crippen LogP contribution in [-0.2, 0) is 12.8 Å². The van der Waals surface area contributed by atoms with Crippen LogP contribution in [-0.4, -0.2) is 24.8 Å². The minimum Gasteiger partial charge on any atom is -0.508 e. The summed E-state index contributed by atoms with van der Waals surface area (Å²) in [6.07, 6.45) is 3.37. The monoisotopic (exact) mass is 325 g/mol. The summed E-state index contributed by atoms with van der Waals surface area (Å²) in [7, 11) is 1.72. The van der Waals surface area contributed by atoms with E-state index in [0.29, 0.717) is 17.7 Å². The molecule has 3 nitrogen and oxygen atoms in total. The molecule has 1 aliphatic rings. The van der Waals surface area contributed by atoms with Gasteiger partial charge in [-0.05, 0) is 72.6 Å². The van der Waals surface area contributed by atoms with E-state index >= 15 is 0 Å². The summed E-state index contributed by atoms with van der Waals surface area (Å²) in [5.74, 6) is 1.75. The van der Waals surface area contributed by atoms with Crippen LogP contribution in [0.3, 0.4) is 0 Å². The molecule has 2 aromatic rings. The molecule has 3 heteroatoms. The zero-order valence-corrected chi connectivity index (χ0v) is 14.8. The molecule has 0 aromatic heterocycles. The molecule has 0 amide bonds. The maximum atomic E-state index is 9.67. The zero-order chi connectivity index (χ0) is 17.1. The van der Waals surface area contributed by atoms with Gasteiger partial charge in [-0.2, -0.15) is 0 Å². The molecule has 0 fully saturated rings. The fourth-order valence-electron chi connectivity index (χ4n) is 3.48. The van der Waals surface area contributed by atoms with Gasteiger partial charge >= 0.3 is 0 Å². The van der Waals surface area contributed by atoms with Crippen molar-refractivity contribution in [3.8, 4) is 11.5 Å². The van der Waals surface area contributed by atoms with Crippen LogP contribution in [0, 0.1) is 6.92 Å². The van der Waals surface area contributed by atoms with Crippen molar-refractivity contribution in [3.05, 3.63) is 58.7 Å². The zero-order valence-electron chi connectivity index (χ0n) is 14.8. The molecular formula is C21H27NO2. The van der Waals surface area contributed by atoms with Crippen LogP contribution < -0.4 is 10.1 Å². The van der Waals surface area contributed by atoms with Crippen molar-refractivity contribution in [2.75, 3.05) is 13.7 Å². The largest absolute Gasteiger partial charge is 0.508 e. The fourth-order valence-corrected chi connectivity index (χ4v) is 3.48. The van der Waals surface area contributed by atoms with E-state index in [1.807, 2.05) is 13.0 Å². The van der Waals surface area contributed by atoms with Gasteiger partial charge < -0.3 is 15.2 Å². The number of hydrogen-bond donors (Lipinski definition) is 2. The lowest BCUT2D eigenvalue weighted by atomic mass is 9.87. The third-order valence-corrected chi connectivity index (χ3v) is 5.14. The average molecular weight is 325 g/mol. The van der Waals surface area contributed by atoms with E-state index in [4.69, 9.17) is 4.74 Å². The molecule has 0 spiro atoms. The lowest BCUT2D eigenvalue weighted by Crippen LogP contribution is -2.36. The summed E-state index contributed by atoms with van der Waals surface area (Å²) in [5, 5.41) is 13.4. The molecule has 0 bridgehead atoms. The lowest BCUT2D eigenvalue weighted by molar-refractivity contribution is 0.410. The highest BCUT2D eigenvalue weighted by Crippen LogP contribution is 2.26. The van der Waals surface area contributed by atoms with Crippen LogP contribution in [0.4, 0.5) is 0 Å². The Morgan fingerprint density at radius 1 is 1.21 bits per heavy atom. The van der Waals surface area contributed by atoms with Gasteiger partial charge in [0, 0.05) is 12.6 Å². The molecule has 2 N–H and O–H groups in total. The highest BCUT2D eigenvalue weighted by molar-refractivity contribution is 5.38. The predicted octanol–water partition coefficient (Wildman–Crippen LogP) is 3.96. The van der Waals surface area contributed by atoms with Crippen LogP contribution in [0.15, 0.2) is 36.4 Å². The number of fused-ring (bicyclic) bond motifs is 1. The van der Waals surface area contributed by atoms with Gasteiger partial charge in [0.15, 0.2) is 0 Å². The number of benzene rings is 2. The maximum Gasteiger partial charge on any atom is 0.119 e. The molecule has 3 rings (SSSR count). The van der Waals surface area contributed by atoms with E-state index in [2.05, 4.69) is 36.5 Å². The Kier molecular flexibility index (Phi) is 5.10. The van der Waals surface area contributed by atoms with Crippen LogP contribution in [0.5, 0.6) is 11.5 Å². The molecule has 0 saturated carbocycles. The molecule has 0 saturated heterocycles. The summed E-state index contributed by atoms with van der Waals surface area (Å²) in [6.45, 7) is 5.14. The molecule has 0 radical (unpaired) electrons. The molecule has 0 aliphatic heterocycles. The van der Waals surface area contributed by atoms with Gasteiger partial charge in [-0.1, -0.05) is 25.1 Å². The maximum absolute atomic E-state index is 9.67. The van der Waals surface area contributed by atoms with Crippen molar-refractivity contribution in [3.63, 3.8) is 0 Å². The fraction of sp³-hybridized carbons (Fsp3) is 0.429. The number of nitrogens with one attached hydrogen (secondary N) is 1. The Labute approximate surface area is 144 Å². The van der Waals surface area contributed by atoms with Gasteiger partial charge in [-0.25, -0.2) is 0 Å². The van der Waals surface area contributed by atoms with E-state index in [1.165, 1.54) is 23.1 Å². The normalized spacial score (nSPS) is 18.0. The van der Waals surface area contributed by atoms with Crippen molar-refractivity contribution in [2.24, 2.45) is 0 Å². The lowest BCUT2D eigenvalue weighted by Gasteiger charge is -2.27. The number of phenolic OH excluding ortho intramolecular Hbond substituents is 1. The Balaban J connectivity index is 1.59. The van der Waals surface area contributed by atoms with Crippen molar-refractivity contribution in [2.45, 2.75) is 45.1 Å². The topological polar surface area (TPSA) is 41.5 Å². The van der Waals surface area contributed by atoms with Crippen molar-refractivity contribution < 1.29 is 9.84 Å². The average Bonchev–Trinajstić information content (AvgIpc) is 2.61. The van der Waals surface area contributed by atoms with Gasteiger partial charge in [0.25, 0.3) is 0 Å². The number of ether oxygens (including phenoxy) is 1. The van der Waals surface area contributed by atoms with Crippen LogP contribution in [0.25, 0.3) is 0 Å².